The lowest BCUT2D eigenvalue weighted by Crippen LogP contribution is -2.44. The van der Waals surface area contributed by atoms with Gasteiger partial charge in [0.2, 0.25) is 5.91 Å². The number of rotatable bonds is 2. The van der Waals surface area contributed by atoms with E-state index in [9.17, 15) is 18.0 Å². The number of primary amides is 1. The first kappa shape index (κ1) is 13.9. The first-order valence-corrected chi connectivity index (χ1v) is 6.34. The molecule has 0 unspecified atom stereocenters. The number of halogens is 3. The van der Waals surface area contributed by atoms with Crippen LogP contribution in [0.2, 0.25) is 0 Å². The lowest BCUT2D eigenvalue weighted by atomic mass is 9.67. The zero-order valence-electron chi connectivity index (χ0n) is 10.5. The minimum absolute atomic E-state index is 0.0368. The molecule has 104 valence electrons. The van der Waals surface area contributed by atoms with Gasteiger partial charge >= 0.3 is 6.18 Å². The number of amides is 1. The van der Waals surface area contributed by atoms with Gasteiger partial charge in [-0.3, -0.25) is 4.79 Å². The van der Waals surface area contributed by atoms with Crippen LogP contribution in [0.1, 0.15) is 43.2 Å². The highest BCUT2D eigenvalue weighted by Gasteiger charge is 2.45. The Morgan fingerprint density at radius 3 is 2.21 bits per heavy atom. The largest absolute Gasteiger partial charge is 0.416 e. The maximum atomic E-state index is 13.1. The summed E-state index contributed by atoms with van der Waals surface area (Å²) in [6, 6.07) is 5.28. The Kier molecular flexibility index (Phi) is 3.56. The topological polar surface area (TPSA) is 43.1 Å². The average Bonchev–Trinajstić information content (AvgIpc) is 2.38. The van der Waals surface area contributed by atoms with E-state index in [2.05, 4.69) is 0 Å². The molecule has 1 saturated carbocycles. The number of nitrogens with two attached hydrogens (primary N) is 1. The number of hydrogen-bond donors (Lipinski definition) is 1. The molecule has 0 aromatic heterocycles. The predicted molar refractivity (Wildman–Crippen MR) is 65.4 cm³/mol. The Balaban J connectivity index is 2.58. The molecule has 0 spiro atoms. The second kappa shape index (κ2) is 4.87. The molecular formula is C14H16F3NO. The Morgan fingerprint density at radius 1 is 1.11 bits per heavy atom. The molecule has 0 atom stereocenters. The third-order valence-corrected chi connectivity index (χ3v) is 3.93. The Labute approximate surface area is 109 Å². The van der Waals surface area contributed by atoms with Crippen LogP contribution in [-0.4, -0.2) is 5.91 Å². The molecule has 2 N–H and O–H groups in total. The molecule has 2 rings (SSSR count). The zero-order valence-corrected chi connectivity index (χ0v) is 10.5. The van der Waals surface area contributed by atoms with E-state index in [4.69, 9.17) is 5.73 Å². The van der Waals surface area contributed by atoms with E-state index < -0.39 is 23.1 Å². The van der Waals surface area contributed by atoms with E-state index in [1.165, 1.54) is 18.2 Å². The van der Waals surface area contributed by atoms with Crippen LogP contribution >= 0.6 is 0 Å². The van der Waals surface area contributed by atoms with Crippen molar-refractivity contribution < 1.29 is 18.0 Å². The van der Waals surface area contributed by atoms with Crippen molar-refractivity contribution in [2.75, 3.05) is 0 Å². The second-order valence-electron chi connectivity index (χ2n) is 5.05. The minimum Gasteiger partial charge on any atom is -0.369 e. The van der Waals surface area contributed by atoms with Crippen molar-refractivity contribution in [3.63, 3.8) is 0 Å². The number of alkyl halides is 3. The molecule has 19 heavy (non-hydrogen) atoms. The molecule has 0 saturated heterocycles. The van der Waals surface area contributed by atoms with Crippen molar-refractivity contribution in [1.29, 1.82) is 0 Å². The van der Waals surface area contributed by atoms with Crippen LogP contribution < -0.4 is 5.73 Å². The van der Waals surface area contributed by atoms with Gasteiger partial charge in [-0.1, -0.05) is 37.5 Å². The van der Waals surface area contributed by atoms with Crippen LogP contribution in [0.4, 0.5) is 13.2 Å². The van der Waals surface area contributed by atoms with Gasteiger partial charge in [0.05, 0.1) is 11.0 Å². The van der Waals surface area contributed by atoms with Crippen LogP contribution in [0.25, 0.3) is 0 Å². The molecule has 1 aliphatic carbocycles. The van der Waals surface area contributed by atoms with Crippen LogP contribution in [0, 0.1) is 0 Å². The van der Waals surface area contributed by atoms with Crippen molar-refractivity contribution in [3.05, 3.63) is 35.4 Å². The lowest BCUT2D eigenvalue weighted by Gasteiger charge is -2.36. The predicted octanol–water partition coefficient (Wildman–Crippen LogP) is 3.39. The molecule has 1 aromatic rings. The summed E-state index contributed by atoms with van der Waals surface area (Å²) in [5.74, 6) is -0.649. The lowest BCUT2D eigenvalue weighted by molar-refractivity contribution is -0.139. The summed E-state index contributed by atoms with van der Waals surface area (Å²) in [5, 5.41) is 0. The highest BCUT2D eigenvalue weighted by Crippen LogP contribution is 2.44. The number of carbonyl (C=O) groups is 1. The van der Waals surface area contributed by atoms with Crippen molar-refractivity contribution in [3.8, 4) is 0 Å². The zero-order chi connectivity index (χ0) is 14.1. The molecule has 1 aromatic carbocycles. The number of benzene rings is 1. The maximum absolute atomic E-state index is 13.1. The number of carbonyl (C=O) groups excluding carboxylic acids is 1. The maximum Gasteiger partial charge on any atom is 0.416 e. The van der Waals surface area contributed by atoms with Crippen LogP contribution in [0.5, 0.6) is 0 Å². The molecule has 0 radical (unpaired) electrons. The third-order valence-electron chi connectivity index (χ3n) is 3.93. The fraction of sp³-hybridized carbons (Fsp3) is 0.500. The molecule has 5 heteroatoms. The van der Waals surface area contributed by atoms with Crippen molar-refractivity contribution in [2.45, 2.75) is 43.7 Å². The van der Waals surface area contributed by atoms with E-state index in [1.54, 1.807) is 0 Å². The fourth-order valence-corrected chi connectivity index (χ4v) is 2.95. The summed E-state index contributed by atoms with van der Waals surface area (Å²) in [4.78, 5) is 11.8. The van der Waals surface area contributed by atoms with Crippen LogP contribution in [-0.2, 0) is 16.4 Å². The summed E-state index contributed by atoms with van der Waals surface area (Å²) in [6.45, 7) is 0. The van der Waals surface area contributed by atoms with Crippen LogP contribution in [0.15, 0.2) is 24.3 Å². The van der Waals surface area contributed by atoms with Crippen molar-refractivity contribution in [1.82, 2.24) is 0 Å². The van der Waals surface area contributed by atoms with Crippen molar-refractivity contribution in [2.24, 2.45) is 5.73 Å². The normalized spacial score (nSPS) is 19.1. The Morgan fingerprint density at radius 2 is 1.68 bits per heavy atom. The quantitative estimate of drug-likeness (QED) is 0.880. The number of hydrogen-bond acceptors (Lipinski definition) is 1. The highest BCUT2D eigenvalue weighted by atomic mass is 19.4. The summed E-state index contributed by atoms with van der Waals surface area (Å²) in [7, 11) is 0. The van der Waals surface area contributed by atoms with E-state index in [0.29, 0.717) is 12.8 Å². The van der Waals surface area contributed by atoms with Gasteiger partial charge in [0.15, 0.2) is 0 Å². The summed E-state index contributed by atoms with van der Waals surface area (Å²) in [5.41, 5.74) is 3.57. The fourth-order valence-electron chi connectivity index (χ4n) is 2.95. The molecule has 0 aliphatic heterocycles. The molecule has 1 aliphatic rings. The first-order chi connectivity index (χ1) is 8.88. The Bertz CT molecular complexity index is 476. The van der Waals surface area contributed by atoms with Gasteiger partial charge in [-0.05, 0) is 24.5 Å². The highest BCUT2D eigenvalue weighted by molar-refractivity contribution is 5.87. The molecule has 1 fully saturated rings. The van der Waals surface area contributed by atoms with Gasteiger partial charge in [0.1, 0.15) is 0 Å². The molecule has 1 amide bonds. The molecule has 2 nitrogen and oxygen atoms in total. The molecule has 0 heterocycles. The van der Waals surface area contributed by atoms with Gasteiger partial charge in [0.25, 0.3) is 0 Å². The van der Waals surface area contributed by atoms with Gasteiger partial charge in [-0.2, -0.15) is 13.2 Å². The van der Waals surface area contributed by atoms with Gasteiger partial charge in [0, 0.05) is 0 Å². The third kappa shape index (κ3) is 2.46. The molecule has 0 bridgehead atoms. The minimum atomic E-state index is -4.46. The second-order valence-corrected chi connectivity index (χ2v) is 5.05. The average molecular weight is 271 g/mol. The van der Waals surface area contributed by atoms with E-state index >= 15 is 0 Å². The summed E-state index contributed by atoms with van der Waals surface area (Å²) >= 11 is 0. The van der Waals surface area contributed by atoms with E-state index in [1.807, 2.05) is 0 Å². The summed E-state index contributed by atoms with van der Waals surface area (Å²) in [6.07, 6.45) is -1.27. The van der Waals surface area contributed by atoms with Crippen LogP contribution in [0.3, 0.4) is 0 Å². The molecular weight excluding hydrogens is 255 g/mol. The SMILES string of the molecule is NC(=O)C1(c2ccccc2C(F)(F)F)CCCCC1. The first-order valence-electron chi connectivity index (χ1n) is 6.34. The van der Waals surface area contributed by atoms with Gasteiger partial charge < -0.3 is 5.73 Å². The smallest absolute Gasteiger partial charge is 0.369 e. The van der Waals surface area contributed by atoms with Gasteiger partial charge in [-0.15, -0.1) is 0 Å². The standard InChI is InChI=1S/C14H16F3NO/c15-14(16,17)11-7-3-2-6-10(11)13(12(18)19)8-4-1-5-9-13/h2-3,6-7H,1,4-5,8-9H2,(H2,18,19). The monoisotopic (exact) mass is 271 g/mol. The summed E-state index contributed by atoms with van der Waals surface area (Å²) < 4.78 is 39.3. The van der Waals surface area contributed by atoms with E-state index in [-0.39, 0.29) is 5.56 Å². The van der Waals surface area contributed by atoms with E-state index in [0.717, 1.165) is 25.3 Å². The van der Waals surface area contributed by atoms with Crippen molar-refractivity contribution >= 4 is 5.91 Å². The van der Waals surface area contributed by atoms with Gasteiger partial charge in [-0.25, -0.2) is 0 Å². The Hall–Kier alpha value is -1.52.